The van der Waals surface area contributed by atoms with Crippen molar-refractivity contribution in [3.63, 3.8) is 0 Å². The second-order valence-electron chi connectivity index (χ2n) is 12.5. The maximum Gasteiger partial charge on any atom is 0.0991 e. The van der Waals surface area contributed by atoms with Crippen LogP contribution in [-0.2, 0) is 0 Å². The molecule has 2 aliphatic rings. The highest BCUT2D eigenvalue weighted by molar-refractivity contribution is 6.27. The van der Waals surface area contributed by atoms with Crippen molar-refractivity contribution in [2.45, 2.75) is 25.3 Å². The molecular formula is C44H28N6. The van der Waals surface area contributed by atoms with Gasteiger partial charge in [-0.2, -0.15) is 21.0 Å². The van der Waals surface area contributed by atoms with E-state index >= 15 is 0 Å². The molecule has 0 saturated heterocycles. The van der Waals surface area contributed by atoms with Crippen LogP contribution in [0.25, 0.3) is 32.3 Å². The molecule has 0 fully saturated rings. The maximum absolute atomic E-state index is 9.55. The Hall–Kier alpha value is -7.12. The molecule has 6 aromatic rings. The third kappa shape index (κ3) is 5.10. The van der Waals surface area contributed by atoms with Crippen molar-refractivity contribution < 1.29 is 0 Å². The second kappa shape index (κ2) is 12.5. The van der Waals surface area contributed by atoms with Crippen molar-refractivity contribution in [3.8, 4) is 24.3 Å². The zero-order chi connectivity index (χ0) is 34.2. The molecule has 0 aliphatic heterocycles. The number of hydrogen-bond donors (Lipinski definition) is 0. The number of allylic oxidation sites excluding steroid dienone is 6. The first-order chi connectivity index (χ1) is 24.6. The Labute approximate surface area is 290 Å². The molecule has 8 rings (SSSR count). The number of nitriles is 4. The molecule has 2 aliphatic carbocycles. The first-order valence-electron chi connectivity index (χ1n) is 16.5. The molecule has 6 aromatic carbocycles. The summed E-state index contributed by atoms with van der Waals surface area (Å²) in [6.07, 6.45) is 12.2. The van der Waals surface area contributed by atoms with Gasteiger partial charge in [0.1, 0.15) is 0 Å². The molecule has 0 radical (unpaired) electrons. The second-order valence-corrected chi connectivity index (χ2v) is 12.5. The number of benzene rings is 6. The van der Waals surface area contributed by atoms with Crippen LogP contribution in [0.1, 0.15) is 30.4 Å². The smallest absolute Gasteiger partial charge is 0.0991 e. The summed E-state index contributed by atoms with van der Waals surface area (Å²) in [5.74, 6) is 0. The first-order valence-corrected chi connectivity index (χ1v) is 16.5. The lowest BCUT2D eigenvalue weighted by Crippen LogP contribution is -2.34. The third-order valence-electron chi connectivity index (χ3n) is 9.75. The Bertz CT molecular complexity index is 2550. The summed E-state index contributed by atoms with van der Waals surface area (Å²) in [5.41, 5.74) is 7.61. The highest BCUT2D eigenvalue weighted by Crippen LogP contribution is 2.46. The van der Waals surface area contributed by atoms with E-state index < -0.39 is 0 Å². The molecule has 0 bridgehead atoms. The van der Waals surface area contributed by atoms with E-state index in [1.54, 1.807) is 0 Å². The van der Waals surface area contributed by atoms with Crippen molar-refractivity contribution in [1.29, 1.82) is 21.0 Å². The van der Waals surface area contributed by atoms with Gasteiger partial charge in [-0.15, -0.1) is 0 Å². The van der Waals surface area contributed by atoms with E-state index in [1.165, 1.54) is 5.39 Å². The van der Waals surface area contributed by atoms with Gasteiger partial charge >= 0.3 is 0 Å². The van der Waals surface area contributed by atoms with Crippen LogP contribution in [0.3, 0.4) is 0 Å². The standard InChI is InChI=1S/C44H28N6/c45-25-29-1-13-35(14-2-29)49(36-15-3-30(26-46)4-16-36)41-23-11-33-10-22-40-42(24-12-34-9-21-39(41)43(33)44(34)40)50(37-17-5-31(27-47)6-18-37)38-19-7-32(28-48)8-20-38/h1-7,9-17,19,21-24,37H,8,18,20H2. The molecule has 0 N–H and O–H groups in total. The summed E-state index contributed by atoms with van der Waals surface area (Å²) < 4.78 is 0. The van der Waals surface area contributed by atoms with Gasteiger partial charge in [0.15, 0.2) is 0 Å². The van der Waals surface area contributed by atoms with Gasteiger partial charge in [-0.1, -0.05) is 48.6 Å². The normalized spacial score (nSPS) is 15.4. The minimum absolute atomic E-state index is 0.00711. The SMILES string of the molecule is N#CC1=CCC(N(C2=CC=C(C#N)CC2)c2ccc3ccc4c(N(c5ccc(C#N)cc5)c5ccc(C#N)cc5)ccc5ccc2c3c54)C=C1. The summed E-state index contributed by atoms with van der Waals surface area (Å²) in [4.78, 5) is 4.57. The molecule has 234 valence electrons. The molecule has 0 spiro atoms. The number of hydrogen-bond acceptors (Lipinski definition) is 6. The van der Waals surface area contributed by atoms with E-state index in [0.717, 1.165) is 67.4 Å². The lowest BCUT2D eigenvalue weighted by atomic mass is 9.90. The third-order valence-corrected chi connectivity index (χ3v) is 9.75. The van der Waals surface area contributed by atoms with Crippen LogP contribution < -0.4 is 9.80 Å². The Morgan fingerprint density at radius 1 is 0.560 bits per heavy atom. The molecule has 6 heteroatoms. The van der Waals surface area contributed by atoms with Crippen LogP contribution in [0.5, 0.6) is 0 Å². The van der Waals surface area contributed by atoms with Crippen molar-refractivity contribution in [2.24, 2.45) is 0 Å². The fraction of sp³-hybridized carbons (Fsp3) is 0.0909. The number of rotatable bonds is 6. The average Bonchev–Trinajstić information content (AvgIpc) is 3.19. The molecule has 1 unspecified atom stereocenters. The summed E-state index contributed by atoms with van der Waals surface area (Å²) in [7, 11) is 0. The van der Waals surface area contributed by atoms with Gasteiger partial charge < -0.3 is 9.80 Å². The predicted octanol–water partition coefficient (Wildman–Crippen LogP) is 10.5. The van der Waals surface area contributed by atoms with Crippen LogP contribution in [0.2, 0.25) is 0 Å². The van der Waals surface area contributed by atoms with E-state index in [1.807, 2.05) is 66.8 Å². The summed E-state index contributed by atoms with van der Waals surface area (Å²) >= 11 is 0. The molecular weight excluding hydrogens is 613 g/mol. The van der Waals surface area contributed by atoms with Crippen LogP contribution in [0, 0.1) is 45.3 Å². The zero-order valence-corrected chi connectivity index (χ0v) is 27.0. The minimum Gasteiger partial charge on any atom is -0.337 e. The van der Waals surface area contributed by atoms with Crippen LogP contribution in [0.15, 0.2) is 144 Å². The van der Waals surface area contributed by atoms with Crippen LogP contribution in [0.4, 0.5) is 22.7 Å². The van der Waals surface area contributed by atoms with Gasteiger partial charge in [-0.25, -0.2) is 0 Å². The summed E-state index contributed by atoms with van der Waals surface area (Å²) in [6.45, 7) is 0. The summed E-state index contributed by atoms with van der Waals surface area (Å²) in [5, 5.41) is 44.9. The quantitative estimate of drug-likeness (QED) is 0.168. The average molecular weight is 641 g/mol. The van der Waals surface area contributed by atoms with E-state index in [-0.39, 0.29) is 6.04 Å². The highest BCUT2D eigenvalue weighted by atomic mass is 15.2. The lowest BCUT2D eigenvalue weighted by molar-refractivity contribution is 0.717. The van der Waals surface area contributed by atoms with E-state index in [0.29, 0.717) is 29.5 Å². The van der Waals surface area contributed by atoms with Gasteiger partial charge in [0.25, 0.3) is 0 Å². The fourth-order valence-electron chi connectivity index (χ4n) is 7.32. The highest BCUT2D eigenvalue weighted by Gasteiger charge is 2.26. The van der Waals surface area contributed by atoms with Crippen molar-refractivity contribution >= 4 is 55.1 Å². The molecule has 50 heavy (non-hydrogen) atoms. The predicted molar refractivity (Wildman–Crippen MR) is 199 cm³/mol. The van der Waals surface area contributed by atoms with Crippen molar-refractivity contribution in [2.75, 3.05) is 9.80 Å². The maximum atomic E-state index is 9.55. The van der Waals surface area contributed by atoms with Gasteiger partial charge in [0.05, 0.1) is 47.1 Å². The first kappa shape index (κ1) is 30.2. The molecule has 0 heterocycles. The van der Waals surface area contributed by atoms with Crippen LogP contribution in [-0.4, -0.2) is 6.04 Å². The van der Waals surface area contributed by atoms with Gasteiger partial charge in [-0.3, -0.25) is 0 Å². The van der Waals surface area contributed by atoms with E-state index in [4.69, 9.17) is 0 Å². The zero-order valence-electron chi connectivity index (χ0n) is 27.0. The largest absolute Gasteiger partial charge is 0.337 e. The summed E-state index contributed by atoms with van der Waals surface area (Å²) in [6, 6.07) is 41.6. The van der Waals surface area contributed by atoms with Gasteiger partial charge in [0, 0.05) is 44.7 Å². The van der Waals surface area contributed by atoms with E-state index in [9.17, 15) is 21.0 Å². The monoisotopic (exact) mass is 640 g/mol. The van der Waals surface area contributed by atoms with Crippen molar-refractivity contribution in [3.05, 3.63) is 155 Å². The van der Waals surface area contributed by atoms with Crippen LogP contribution >= 0.6 is 0 Å². The Balaban J connectivity index is 1.35. The molecule has 0 aromatic heterocycles. The fourth-order valence-corrected chi connectivity index (χ4v) is 7.32. The Kier molecular flexibility index (Phi) is 7.55. The Morgan fingerprint density at radius 2 is 1.14 bits per heavy atom. The topological polar surface area (TPSA) is 102 Å². The molecule has 0 amide bonds. The van der Waals surface area contributed by atoms with Gasteiger partial charge in [-0.05, 0) is 120 Å². The van der Waals surface area contributed by atoms with Crippen molar-refractivity contribution in [1.82, 2.24) is 0 Å². The molecule has 1 atom stereocenters. The molecule has 6 nitrogen and oxygen atoms in total. The Morgan fingerprint density at radius 3 is 1.64 bits per heavy atom. The minimum atomic E-state index is 0.00711. The number of anilines is 4. The lowest BCUT2D eigenvalue weighted by Gasteiger charge is -2.36. The van der Waals surface area contributed by atoms with E-state index in [2.05, 4.69) is 94.8 Å². The number of nitrogens with zero attached hydrogens (tertiary/aromatic N) is 6. The van der Waals surface area contributed by atoms with Gasteiger partial charge in [0.2, 0.25) is 0 Å². The molecule has 0 saturated carbocycles.